The Kier molecular flexibility index (Phi) is 5.99. The van der Waals surface area contributed by atoms with Gasteiger partial charge < -0.3 is 20.5 Å². The van der Waals surface area contributed by atoms with Crippen LogP contribution >= 0.6 is 11.3 Å². The maximum atomic E-state index is 7.15. The number of benzene rings is 2. The first-order valence-electron chi connectivity index (χ1n) is 8.65. The summed E-state index contributed by atoms with van der Waals surface area (Å²) in [4.78, 5) is 4.60. The molecule has 3 aromatic rings. The molecule has 0 bridgehead atoms. The minimum atomic E-state index is -0.204. The molecule has 150 valence electrons. The molecule has 29 heavy (non-hydrogen) atoms. The molecule has 0 fully saturated rings. The molecule has 0 saturated heterocycles. The number of guanidine groups is 1. The number of thiazole rings is 1. The van der Waals surface area contributed by atoms with Gasteiger partial charge in [-0.25, -0.2) is 10.4 Å². The van der Waals surface area contributed by atoms with E-state index in [0.717, 1.165) is 37.9 Å². The highest BCUT2D eigenvalue weighted by molar-refractivity contribution is 7.22. The van der Waals surface area contributed by atoms with Gasteiger partial charge >= 0.3 is 0 Å². The largest absolute Gasteiger partial charge is 0.493 e. The van der Waals surface area contributed by atoms with Crippen molar-refractivity contribution in [2.24, 2.45) is 10.8 Å². The van der Waals surface area contributed by atoms with E-state index >= 15 is 0 Å². The minimum absolute atomic E-state index is 0.204. The Labute approximate surface area is 172 Å². The first kappa shape index (κ1) is 20.2. The molecule has 1 heterocycles. The molecule has 1 aromatic heterocycles. The fourth-order valence-electron chi connectivity index (χ4n) is 2.63. The van der Waals surface area contributed by atoms with Crippen LogP contribution in [0.15, 0.2) is 48.1 Å². The third-order valence-corrected chi connectivity index (χ3v) is 5.08. The zero-order valence-electron chi connectivity index (χ0n) is 16.4. The molecule has 0 saturated carbocycles. The lowest BCUT2D eigenvalue weighted by Gasteiger charge is -2.08. The van der Waals surface area contributed by atoms with E-state index in [2.05, 4.69) is 27.4 Å². The number of ether oxygens (including phenoxy) is 2. The highest BCUT2D eigenvalue weighted by Crippen LogP contribution is 2.36. The molecule has 5 N–H and O–H groups in total. The monoisotopic (exact) mass is 410 g/mol. The summed E-state index contributed by atoms with van der Waals surface area (Å²) in [6, 6.07) is 11.5. The topological polar surface area (TPSA) is 118 Å². The Bertz CT molecular complexity index is 1050. The third kappa shape index (κ3) is 4.64. The summed E-state index contributed by atoms with van der Waals surface area (Å²) in [5.74, 6) is 1.10. The van der Waals surface area contributed by atoms with Gasteiger partial charge in [-0.1, -0.05) is 42.2 Å². The van der Waals surface area contributed by atoms with Gasteiger partial charge in [0.1, 0.15) is 0 Å². The van der Waals surface area contributed by atoms with Crippen LogP contribution in [-0.2, 0) is 0 Å². The number of anilines is 1. The quantitative estimate of drug-likeness (QED) is 0.269. The van der Waals surface area contributed by atoms with Crippen molar-refractivity contribution in [3.05, 3.63) is 54.1 Å². The Morgan fingerprint density at radius 3 is 2.38 bits per heavy atom. The summed E-state index contributed by atoms with van der Waals surface area (Å²) in [7, 11) is 3.21. The van der Waals surface area contributed by atoms with Crippen LogP contribution in [0.2, 0.25) is 0 Å². The van der Waals surface area contributed by atoms with Gasteiger partial charge in [0.15, 0.2) is 16.6 Å². The number of hydrogen-bond acceptors (Lipinski definition) is 7. The van der Waals surface area contributed by atoms with E-state index in [4.69, 9.17) is 20.6 Å². The summed E-state index contributed by atoms with van der Waals surface area (Å²) in [5.41, 5.74) is 11.8. The number of methoxy groups -OCH3 is 2. The van der Waals surface area contributed by atoms with Crippen molar-refractivity contribution in [1.82, 2.24) is 10.4 Å². The van der Waals surface area contributed by atoms with E-state index in [0.29, 0.717) is 11.5 Å². The van der Waals surface area contributed by atoms with Crippen LogP contribution in [-0.4, -0.2) is 30.9 Å². The second kappa shape index (κ2) is 8.61. The lowest BCUT2D eigenvalue weighted by molar-refractivity contribution is 0.356. The first-order valence-corrected chi connectivity index (χ1v) is 9.46. The number of nitrogens with zero attached hydrogens (tertiary/aromatic N) is 2. The number of rotatable bonds is 7. The molecule has 0 radical (unpaired) electrons. The molecule has 2 aromatic carbocycles. The molecule has 0 aliphatic carbocycles. The zero-order valence-corrected chi connectivity index (χ0v) is 17.2. The second-order valence-electron chi connectivity index (χ2n) is 6.10. The SMILES string of the molecule is C=C(Nc1nc2cc(OC)c(OC)cc2s1)c1ccc(/C(C)=N/NC(=N)N)cc1. The smallest absolute Gasteiger partial charge is 0.206 e. The summed E-state index contributed by atoms with van der Waals surface area (Å²) in [6.07, 6.45) is 0. The van der Waals surface area contributed by atoms with Gasteiger partial charge in [0.25, 0.3) is 0 Å². The lowest BCUT2D eigenvalue weighted by Crippen LogP contribution is -2.26. The molecule has 8 nitrogen and oxygen atoms in total. The van der Waals surface area contributed by atoms with Crippen LogP contribution in [0, 0.1) is 5.41 Å². The van der Waals surface area contributed by atoms with Crippen molar-refractivity contribution < 1.29 is 9.47 Å². The molecule has 0 aliphatic rings. The van der Waals surface area contributed by atoms with Crippen molar-refractivity contribution in [2.45, 2.75) is 6.92 Å². The van der Waals surface area contributed by atoms with Crippen molar-refractivity contribution in [3.63, 3.8) is 0 Å². The summed E-state index contributed by atoms with van der Waals surface area (Å²) < 4.78 is 11.7. The molecule has 0 atom stereocenters. The van der Waals surface area contributed by atoms with Crippen LogP contribution in [0.1, 0.15) is 18.1 Å². The maximum Gasteiger partial charge on any atom is 0.206 e. The number of nitrogens with two attached hydrogens (primary N) is 1. The van der Waals surface area contributed by atoms with E-state index < -0.39 is 0 Å². The van der Waals surface area contributed by atoms with E-state index in [1.165, 1.54) is 11.3 Å². The van der Waals surface area contributed by atoms with Crippen molar-refractivity contribution in [3.8, 4) is 11.5 Å². The van der Waals surface area contributed by atoms with Gasteiger partial charge in [0, 0.05) is 17.8 Å². The maximum absolute atomic E-state index is 7.15. The van der Waals surface area contributed by atoms with Crippen LogP contribution in [0.4, 0.5) is 5.13 Å². The van der Waals surface area contributed by atoms with Crippen molar-refractivity contribution >= 4 is 44.1 Å². The van der Waals surface area contributed by atoms with Crippen molar-refractivity contribution in [1.29, 1.82) is 5.41 Å². The fourth-order valence-corrected chi connectivity index (χ4v) is 3.53. The van der Waals surface area contributed by atoms with Gasteiger partial charge in [0.05, 0.1) is 30.1 Å². The number of nitrogens with one attached hydrogen (secondary N) is 3. The predicted octanol–water partition coefficient (Wildman–Crippen LogP) is 3.60. The Hall–Kier alpha value is -3.59. The standard InChI is InChI=1S/C20H22N6O2S/c1-11(13-5-7-14(8-6-13)12(2)25-26-19(21)22)23-20-24-15-9-16(27-3)17(28-4)10-18(15)29-20/h5-10H,1H2,2-4H3,(H,23,24)(H4,21,22,26)/b25-12+. The predicted molar refractivity (Wildman–Crippen MR) is 119 cm³/mol. The number of hydrazone groups is 1. The molecule has 3 rings (SSSR count). The van der Waals surface area contributed by atoms with Gasteiger partial charge in [-0.2, -0.15) is 5.10 Å². The second-order valence-corrected chi connectivity index (χ2v) is 7.13. The summed E-state index contributed by atoms with van der Waals surface area (Å²) >= 11 is 1.51. The average Bonchev–Trinajstić information content (AvgIpc) is 3.11. The highest BCUT2D eigenvalue weighted by Gasteiger charge is 2.11. The molecule has 0 unspecified atom stereocenters. The Balaban J connectivity index is 1.76. The van der Waals surface area contributed by atoms with Crippen LogP contribution in [0.5, 0.6) is 11.5 Å². The first-order chi connectivity index (χ1) is 13.9. The van der Waals surface area contributed by atoms with Gasteiger partial charge in [-0.05, 0) is 18.1 Å². The van der Waals surface area contributed by atoms with Gasteiger partial charge in [-0.15, -0.1) is 0 Å². The zero-order chi connectivity index (χ0) is 21.0. The fraction of sp³-hybridized carbons (Fsp3) is 0.150. The normalized spacial score (nSPS) is 11.2. The number of fused-ring (bicyclic) bond motifs is 1. The molecule has 9 heteroatoms. The minimum Gasteiger partial charge on any atom is -0.493 e. The molecular formula is C20H22N6O2S. The van der Waals surface area contributed by atoms with E-state index in [9.17, 15) is 0 Å². The molecule has 0 spiro atoms. The third-order valence-electron chi connectivity index (χ3n) is 4.15. The molecule has 0 amide bonds. The van der Waals surface area contributed by atoms with Gasteiger partial charge in [-0.3, -0.25) is 5.41 Å². The van der Waals surface area contributed by atoms with Crippen LogP contribution in [0.25, 0.3) is 15.9 Å². The van der Waals surface area contributed by atoms with E-state index in [1.807, 2.05) is 43.3 Å². The average molecular weight is 411 g/mol. The van der Waals surface area contributed by atoms with Gasteiger partial charge in [0.2, 0.25) is 5.96 Å². The highest BCUT2D eigenvalue weighted by atomic mass is 32.1. The number of aromatic nitrogens is 1. The Morgan fingerprint density at radius 2 is 1.76 bits per heavy atom. The van der Waals surface area contributed by atoms with Crippen LogP contribution < -0.4 is 25.9 Å². The van der Waals surface area contributed by atoms with Crippen molar-refractivity contribution in [2.75, 3.05) is 19.5 Å². The van der Waals surface area contributed by atoms with E-state index in [-0.39, 0.29) is 5.96 Å². The number of hydrogen-bond donors (Lipinski definition) is 4. The molecule has 0 aliphatic heterocycles. The van der Waals surface area contributed by atoms with Crippen LogP contribution in [0.3, 0.4) is 0 Å². The summed E-state index contributed by atoms with van der Waals surface area (Å²) in [6.45, 7) is 5.95. The summed E-state index contributed by atoms with van der Waals surface area (Å²) in [5, 5.41) is 15.2. The Morgan fingerprint density at radius 1 is 1.14 bits per heavy atom. The lowest BCUT2D eigenvalue weighted by atomic mass is 10.1. The molecular weight excluding hydrogens is 388 g/mol. The van der Waals surface area contributed by atoms with E-state index in [1.54, 1.807) is 14.2 Å².